The number of allylic oxidation sites excluding steroid dienone is 2. The lowest BCUT2D eigenvalue weighted by atomic mass is 10.2. The Morgan fingerprint density at radius 3 is 2.52 bits per heavy atom. The standard InChI is InChI=1S/C17H13FN6O/c1-11-13(9-22-24(11)2)10-25-17-4-3-14(5-15(17)18)23-16(8-21)12(6-19)7-20/h3-5,9,23H,10H2,1-2H3. The van der Waals surface area contributed by atoms with Crippen LogP contribution in [0.3, 0.4) is 0 Å². The van der Waals surface area contributed by atoms with Crippen LogP contribution >= 0.6 is 0 Å². The van der Waals surface area contributed by atoms with Gasteiger partial charge in [-0.1, -0.05) is 0 Å². The van der Waals surface area contributed by atoms with E-state index in [1.54, 1.807) is 36.1 Å². The fourth-order valence-corrected chi connectivity index (χ4v) is 1.96. The molecule has 0 saturated heterocycles. The summed E-state index contributed by atoms with van der Waals surface area (Å²) >= 11 is 0. The quantitative estimate of drug-likeness (QED) is 0.840. The van der Waals surface area contributed by atoms with E-state index in [4.69, 9.17) is 20.5 Å². The van der Waals surface area contributed by atoms with Gasteiger partial charge in [0.15, 0.2) is 17.1 Å². The van der Waals surface area contributed by atoms with Crippen LogP contribution in [-0.4, -0.2) is 9.78 Å². The molecule has 1 aromatic carbocycles. The zero-order chi connectivity index (χ0) is 18.4. The normalized spacial score (nSPS) is 9.44. The first-order chi connectivity index (χ1) is 12.0. The molecular formula is C17H13FN6O. The highest BCUT2D eigenvalue weighted by Gasteiger charge is 2.11. The summed E-state index contributed by atoms with van der Waals surface area (Å²) in [5.74, 6) is -0.601. The predicted molar refractivity (Wildman–Crippen MR) is 86.2 cm³/mol. The molecular weight excluding hydrogens is 323 g/mol. The fourth-order valence-electron chi connectivity index (χ4n) is 1.96. The minimum absolute atomic E-state index is 0.0390. The summed E-state index contributed by atoms with van der Waals surface area (Å²) in [5.41, 5.74) is 1.36. The first-order valence-corrected chi connectivity index (χ1v) is 7.11. The third-order valence-electron chi connectivity index (χ3n) is 3.51. The van der Waals surface area contributed by atoms with Crippen molar-refractivity contribution in [1.29, 1.82) is 15.8 Å². The van der Waals surface area contributed by atoms with Crippen molar-refractivity contribution in [3.05, 3.63) is 52.7 Å². The Morgan fingerprint density at radius 1 is 1.28 bits per heavy atom. The molecule has 7 nitrogen and oxygen atoms in total. The molecule has 0 aliphatic heterocycles. The monoisotopic (exact) mass is 336 g/mol. The molecule has 0 atom stereocenters. The van der Waals surface area contributed by atoms with E-state index in [0.29, 0.717) is 0 Å². The van der Waals surface area contributed by atoms with Crippen LogP contribution in [0.25, 0.3) is 0 Å². The van der Waals surface area contributed by atoms with Crippen LogP contribution < -0.4 is 10.1 Å². The topological polar surface area (TPSA) is 110 Å². The number of nitriles is 3. The number of hydrogen-bond acceptors (Lipinski definition) is 6. The summed E-state index contributed by atoms with van der Waals surface area (Å²) in [6, 6.07) is 8.91. The zero-order valence-electron chi connectivity index (χ0n) is 13.5. The maximum absolute atomic E-state index is 14.2. The van der Waals surface area contributed by atoms with Gasteiger partial charge < -0.3 is 10.1 Å². The van der Waals surface area contributed by atoms with Gasteiger partial charge >= 0.3 is 0 Å². The predicted octanol–water partition coefficient (Wildman–Crippen LogP) is 2.68. The molecule has 0 fully saturated rings. The summed E-state index contributed by atoms with van der Waals surface area (Å²) in [4.78, 5) is 0. The molecule has 0 aliphatic carbocycles. The van der Waals surface area contributed by atoms with Crippen molar-refractivity contribution in [2.24, 2.45) is 7.05 Å². The molecule has 0 aliphatic rings. The third-order valence-corrected chi connectivity index (χ3v) is 3.51. The molecule has 0 unspecified atom stereocenters. The van der Waals surface area contributed by atoms with Crippen molar-refractivity contribution < 1.29 is 9.13 Å². The molecule has 0 radical (unpaired) electrons. The SMILES string of the molecule is Cc1c(COc2ccc(NC(C#N)=C(C#N)C#N)cc2F)cnn1C. The number of halogens is 1. The molecule has 124 valence electrons. The number of ether oxygens (including phenoxy) is 1. The van der Waals surface area contributed by atoms with Gasteiger partial charge in [0, 0.05) is 30.1 Å². The van der Waals surface area contributed by atoms with Crippen LogP contribution in [0.1, 0.15) is 11.3 Å². The molecule has 1 heterocycles. The zero-order valence-corrected chi connectivity index (χ0v) is 13.5. The lowest BCUT2D eigenvalue weighted by molar-refractivity contribution is 0.289. The van der Waals surface area contributed by atoms with Crippen LogP contribution in [-0.2, 0) is 13.7 Å². The minimum Gasteiger partial charge on any atom is -0.486 e. The van der Waals surface area contributed by atoms with E-state index in [0.717, 1.165) is 17.3 Å². The Bertz CT molecular complexity index is 939. The smallest absolute Gasteiger partial charge is 0.167 e. The van der Waals surface area contributed by atoms with E-state index in [1.165, 1.54) is 12.1 Å². The number of nitrogens with one attached hydrogen (secondary N) is 1. The van der Waals surface area contributed by atoms with Crippen molar-refractivity contribution >= 4 is 5.69 Å². The number of aryl methyl sites for hydroxylation is 1. The van der Waals surface area contributed by atoms with Crippen molar-refractivity contribution in [2.75, 3.05) is 5.32 Å². The van der Waals surface area contributed by atoms with Gasteiger partial charge in [-0.3, -0.25) is 4.68 Å². The molecule has 25 heavy (non-hydrogen) atoms. The maximum atomic E-state index is 14.2. The maximum Gasteiger partial charge on any atom is 0.167 e. The molecule has 0 saturated carbocycles. The van der Waals surface area contributed by atoms with E-state index in [1.807, 2.05) is 6.92 Å². The average Bonchev–Trinajstić information content (AvgIpc) is 2.93. The molecule has 2 aromatic rings. The minimum atomic E-state index is -0.640. The summed E-state index contributed by atoms with van der Waals surface area (Å²) in [6.07, 6.45) is 1.65. The second kappa shape index (κ2) is 7.63. The van der Waals surface area contributed by atoms with Crippen molar-refractivity contribution in [2.45, 2.75) is 13.5 Å². The largest absolute Gasteiger partial charge is 0.486 e. The highest BCUT2D eigenvalue weighted by Crippen LogP contribution is 2.23. The van der Waals surface area contributed by atoms with Crippen molar-refractivity contribution in [1.82, 2.24) is 9.78 Å². The number of hydrogen-bond donors (Lipinski definition) is 1. The third kappa shape index (κ3) is 3.93. The van der Waals surface area contributed by atoms with Crippen LogP contribution in [0.4, 0.5) is 10.1 Å². The first kappa shape index (κ1) is 17.5. The van der Waals surface area contributed by atoms with E-state index in [2.05, 4.69) is 10.4 Å². The fraction of sp³-hybridized carbons (Fsp3) is 0.176. The summed E-state index contributed by atoms with van der Waals surface area (Å²) < 4.78 is 21.3. The second-order valence-electron chi connectivity index (χ2n) is 5.02. The van der Waals surface area contributed by atoms with Gasteiger partial charge in [-0.25, -0.2) is 4.39 Å². The van der Waals surface area contributed by atoms with E-state index in [9.17, 15) is 4.39 Å². The number of anilines is 1. The molecule has 8 heteroatoms. The highest BCUT2D eigenvalue weighted by atomic mass is 19.1. The van der Waals surface area contributed by atoms with E-state index in [-0.39, 0.29) is 29.3 Å². The Kier molecular flexibility index (Phi) is 5.35. The second-order valence-corrected chi connectivity index (χ2v) is 5.02. The van der Waals surface area contributed by atoms with Crippen LogP contribution in [0.2, 0.25) is 0 Å². The number of benzene rings is 1. The summed E-state index contributed by atoms with van der Waals surface area (Å²) in [7, 11) is 1.80. The van der Waals surface area contributed by atoms with E-state index < -0.39 is 5.82 Å². The molecule has 1 N–H and O–H groups in total. The highest BCUT2D eigenvalue weighted by molar-refractivity contribution is 5.59. The molecule has 0 spiro atoms. The Hall–Kier alpha value is -3.83. The van der Waals surface area contributed by atoms with Crippen LogP contribution in [0.5, 0.6) is 5.75 Å². The van der Waals surface area contributed by atoms with Crippen molar-refractivity contribution in [3.8, 4) is 24.0 Å². The van der Waals surface area contributed by atoms with Gasteiger partial charge in [-0.2, -0.15) is 20.9 Å². The van der Waals surface area contributed by atoms with E-state index >= 15 is 0 Å². The Morgan fingerprint density at radius 2 is 2.00 bits per heavy atom. The average molecular weight is 336 g/mol. The van der Waals surface area contributed by atoms with Crippen LogP contribution in [0, 0.1) is 46.7 Å². The van der Waals surface area contributed by atoms with Gasteiger partial charge in [0.1, 0.15) is 30.5 Å². The van der Waals surface area contributed by atoms with Crippen LogP contribution in [0.15, 0.2) is 35.7 Å². The summed E-state index contributed by atoms with van der Waals surface area (Å²) in [6.45, 7) is 2.05. The number of aromatic nitrogens is 2. The Labute approximate surface area is 143 Å². The first-order valence-electron chi connectivity index (χ1n) is 7.11. The molecule has 1 aromatic heterocycles. The van der Waals surface area contributed by atoms with Gasteiger partial charge in [-0.15, -0.1) is 0 Å². The number of rotatable bonds is 5. The number of nitrogens with zero attached hydrogens (tertiary/aromatic N) is 5. The Balaban J connectivity index is 2.15. The molecule has 0 bridgehead atoms. The molecule has 2 rings (SSSR count). The molecule has 0 amide bonds. The van der Waals surface area contributed by atoms with Gasteiger partial charge in [0.05, 0.1) is 6.20 Å². The van der Waals surface area contributed by atoms with Gasteiger partial charge in [0.2, 0.25) is 0 Å². The lowest BCUT2D eigenvalue weighted by Crippen LogP contribution is -2.03. The summed E-state index contributed by atoms with van der Waals surface area (Å²) in [5, 5.41) is 33.2. The van der Waals surface area contributed by atoms with Gasteiger partial charge in [0.25, 0.3) is 0 Å². The lowest BCUT2D eigenvalue weighted by Gasteiger charge is -2.09. The van der Waals surface area contributed by atoms with Crippen molar-refractivity contribution in [3.63, 3.8) is 0 Å². The van der Waals surface area contributed by atoms with Gasteiger partial charge in [-0.05, 0) is 19.1 Å².